The molecule has 1 aliphatic rings. The summed E-state index contributed by atoms with van der Waals surface area (Å²) in [5.74, 6) is -0.286. The normalized spacial score (nSPS) is 16.0. The summed E-state index contributed by atoms with van der Waals surface area (Å²) in [4.78, 5) is 24.5. The average Bonchev–Trinajstić information content (AvgIpc) is 3.04. The molecule has 1 amide bonds. The molecule has 0 aliphatic heterocycles. The van der Waals surface area contributed by atoms with Crippen molar-refractivity contribution in [2.45, 2.75) is 38.2 Å². The van der Waals surface area contributed by atoms with E-state index in [-0.39, 0.29) is 11.5 Å². The highest BCUT2D eigenvalue weighted by Crippen LogP contribution is 2.34. The summed E-state index contributed by atoms with van der Waals surface area (Å²) < 4.78 is 15.6. The lowest BCUT2D eigenvalue weighted by Crippen LogP contribution is -2.43. The topological polar surface area (TPSA) is 73.9 Å². The summed E-state index contributed by atoms with van der Waals surface area (Å²) in [5, 5.41) is 2.85. The van der Waals surface area contributed by atoms with E-state index in [2.05, 4.69) is 5.32 Å². The Hall–Kier alpha value is -2.08. The van der Waals surface area contributed by atoms with Crippen molar-refractivity contribution in [3.63, 3.8) is 0 Å². The number of carbonyl (C=O) groups excluding carboxylic acids is 2. The SMILES string of the molecule is CCOC1(C(=O)Nc2ccc(OC)c(C(=O)OC)c2)CCCC1. The van der Waals surface area contributed by atoms with Crippen LogP contribution in [0.2, 0.25) is 0 Å². The van der Waals surface area contributed by atoms with Gasteiger partial charge in [-0.1, -0.05) is 0 Å². The minimum Gasteiger partial charge on any atom is -0.496 e. The molecule has 23 heavy (non-hydrogen) atoms. The first-order valence-corrected chi connectivity index (χ1v) is 7.78. The summed E-state index contributed by atoms with van der Waals surface area (Å²) in [6.45, 7) is 2.37. The zero-order valence-corrected chi connectivity index (χ0v) is 13.8. The van der Waals surface area contributed by atoms with Gasteiger partial charge in [0.15, 0.2) is 0 Å². The third-order valence-electron chi connectivity index (χ3n) is 4.11. The highest BCUT2D eigenvalue weighted by atomic mass is 16.5. The number of methoxy groups -OCH3 is 2. The van der Waals surface area contributed by atoms with Crippen LogP contribution < -0.4 is 10.1 Å². The molecule has 0 atom stereocenters. The number of hydrogen-bond donors (Lipinski definition) is 1. The van der Waals surface area contributed by atoms with E-state index in [1.807, 2.05) is 6.92 Å². The summed E-state index contributed by atoms with van der Waals surface area (Å²) in [6, 6.07) is 4.87. The molecule has 1 aliphatic carbocycles. The first kappa shape index (κ1) is 17.3. The Bertz CT molecular complexity index is 578. The van der Waals surface area contributed by atoms with Crippen LogP contribution >= 0.6 is 0 Å². The average molecular weight is 321 g/mol. The smallest absolute Gasteiger partial charge is 0.341 e. The van der Waals surface area contributed by atoms with Gasteiger partial charge in [0.1, 0.15) is 16.9 Å². The molecule has 0 bridgehead atoms. The number of esters is 1. The lowest BCUT2D eigenvalue weighted by Gasteiger charge is -2.27. The molecule has 1 saturated carbocycles. The molecule has 1 aromatic rings. The van der Waals surface area contributed by atoms with Gasteiger partial charge in [0, 0.05) is 12.3 Å². The molecule has 0 radical (unpaired) electrons. The van der Waals surface area contributed by atoms with E-state index < -0.39 is 11.6 Å². The minimum absolute atomic E-state index is 0.169. The molecule has 0 unspecified atom stereocenters. The quantitative estimate of drug-likeness (QED) is 0.816. The van der Waals surface area contributed by atoms with Crippen LogP contribution in [0.15, 0.2) is 18.2 Å². The highest BCUT2D eigenvalue weighted by molar-refractivity contribution is 5.99. The Morgan fingerprint density at radius 1 is 1.22 bits per heavy atom. The van der Waals surface area contributed by atoms with Gasteiger partial charge in [0.2, 0.25) is 0 Å². The van der Waals surface area contributed by atoms with Crippen LogP contribution in [0.3, 0.4) is 0 Å². The second-order valence-corrected chi connectivity index (χ2v) is 5.50. The lowest BCUT2D eigenvalue weighted by atomic mass is 10.0. The molecule has 2 rings (SSSR count). The maximum absolute atomic E-state index is 12.6. The lowest BCUT2D eigenvalue weighted by molar-refractivity contribution is -0.140. The fraction of sp³-hybridized carbons (Fsp3) is 0.529. The second kappa shape index (κ2) is 7.46. The second-order valence-electron chi connectivity index (χ2n) is 5.50. The zero-order valence-electron chi connectivity index (χ0n) is 13.8. The third kappa shape index (κ3) is 3.64. The molecule has 6 nitrogen and oxygen atoms in total. The number of anilines is 1. The van der Waals surface area contributed by atoms with Gasteiger partial charge in [-0.2, -0.15) is 0 Å². The van der Waals surface area contributed by atoms with E-state index >= 15 is 0 Å². The zero-order chi connectivity index (χ0) is 16.9. The Morgan fingerprint density at radius 2 is 1.91 bits per heavy atom. The van der Waals surface area contributed by atoms with Crippen molar-refractivity contribution < 1.29 is 23.8 Å². The van der Waals surface area contributed by atoms with Crippen molar-refractivity contribution >= 4 is 17.6 Å². The Morgan fingerprint density at radius 3 is 2.48 bits per heavy atom. The Labute approximate surface area is 136 Å². The van der Waals surface area contributed by atoms with Gasteiger partial charge >= 0.3 is 5.97 Å². The largest absolute Gasteiger partial charge is 0.496 e. The maximum atomic E-state index is 12.6. The number of carbonyl (C=O) groups is 2. The molecule has 1 N–H and O–H groups in total. The molecule has 0 heterocycles. The molecule has 1 fully saturated rings. The van der Waals surface area contributed by atoms with Gasteiger partial charge in [-0.15, -0.1) is 0 Å². The van der Waals surface area contributed by atoms with Gasteiger partial charge in [0.25, 0.3) is 5.91 Å². The monoisotopic (exact) mass is 321 g/mol. The van der Waals surface area contributed by atoms with E-state index in [0.717, 1.165) is 12.8 Å². The van der Waals surface area contributed by atoms with E-state index in [9.17, 15) is 9.59 Å². The number of benzene rings is 1. The number of hydrogen-bond acceptors (Lipinski definition) is 5. The van der Waals surface area contributed by atoms with Crippen molar-refractivity contribution in [2.24, 2.45) is 0 Å². The summed E-state index contributed by atoms with van der Waals surface area (Å²) in [7, 11) is 2.78. The van der Waals surface area contributed by atoms with Gasteiger partial charge < -0.3 is 19.5 Å². The van der Waals surface area contributed by atoms with E-state index in [1.54, 1.807) is 18.2 Å². The number of amides is 1. The predicted molar refractivity (Wildman–Crippen MR) is 85.8 cm³/mol. The molecule has 1 aromatic carbocycles. The number of nitrogens with one attached hydrogen (secondary N) is 1. The third-order valence-corrected chi connectivity index (χ3v) is 4.11. The molecule has 126 valence electrons. The van der Waals surface area contributed by atoms with Crippen molar-refractivity contribution in [2.75, 3.05) is 26.1 Å². The molecule has 0 spiro atoms. The van der Waals surface area contributed by atoms with Crippen molar-refractivity contribution in [3.05, 3.63) is 23.8 Å². The van der Waals surface area contributed by atoms with Crippen molar-refractivity contribution in [1.29, 1.82) is 0 Å². The Kier molecular flexibility index (Phi) is 5.60. The van der Waals surface area contributed by atoms with Crippen LogP contribution in [0.25, 0.3) is 0 Å². The van der Waals surface area contributed by atoms with Crippen LogP contribution in [0, 0.1) is 0 Å². The maximum Gasteiger partial charge on any atom is 0.341 e. The van der Waals surface area contributed by atoms with Crippen LogP contribution in [0.4, 0.5) is 5.69 Å². The standard InChI is InChI=1S/C17H23NO5/c1-4-23-17(9-5-6-10-17)16(20)18-12-7-8-14(21-2)13(11-12)15(19)22-3/h7-8,11H,4-6,9-10H2,1-3H3,(H,18,20). The molecule has 0 saturated heterocycles. The predicted octanol–water partition coefficient (Wildman–Crippen LogP) is 2.77. The summed E-state index contributed by atoms with van der Waals surface area (Å²) in [5.41, 5.74) is 0.0203. The Balaban J connectivity index is 2.22. The van der Waals surface area contributed by atoms with Crippen molar-refractivity contribution in [3.8, 4) is 5.75 Å². The van der Waals surface area contributed by atoms with Crippen molar-refractivity contribution in [1.82, 2.24) is 0 Å². The number of ether oxygens (including phenoxy) is 3. The van der Waals surface area contributed by atoms with Gasteiger partial charge in [-0.05, 0) is 50.8 Å². The first-order chi connectivity index (χ1) is 11.1. The molecule has 6 heteroatoms. The summed E-state index contributed by atoms with van der Waals surface area (Å²) in [6.07, 6.45) is 3.38. The fourth-order valence-electron chi connectivity index (χ4n) is 2.96. The van der Waals surface area contributed by atoms with Crippen LogP contribution in [0.5, 0.6) is 5.75 Å². The van der Waals surface area contributed by atoms with Crippen LogP contribution in [-0.2, 0) is 14.3 Å². The minimum atomic E-state index is -0.764. The van der Waals surface area contributed by atoms with E-state index in [1.165, 1.54) is 14.2 Å². The fourth-order valence-corrected chi connectivity index (χ4v) is 2.96. The van der Waals surface area contributed by atoms with Gasteiger partial charge in [-0.25, -0.2) is 4.79 Å². The van der Waals surface area contributed by atoms with E-state index in [4.69, 9.17) is 14.2 Å². The van der Waals surface area contributed by atoms with Crippen LogP contribution in [0.1, 0.15) is 43.0 Å². The molecular weight excluding hydrogens is 298 g/mol. The highest BCUT2D eigenvalue weighted by Gasteiger charge is 2.42. The van der Waals surface area contributed by atoms with Gasteiger partial charge in [0.05, 0.1) is 14.2 Å². The molecular formula is C17H23NO5. The molecule has 0 aromatic heterocycles. The number of rotatable bonds is 6. The van der Waals surface area contributed by atoms with Crippen LogP contribution in [-0.4, -0.2) is 38.3 Å². The van der Waals surface area contributed by atoms with E-state index in [0.29, 0.717) is 30.9 Å². The van der Waals surface area contributed by atoms with Gasteiger partial charge in [-0.3, -0.25) is 4.79 Å². The summed E-state index contributed by atoms with van der Waals surface area (Å²) >= 11 is 0. The first-order valence-electron chi connectivity index (χ1n) is 7.78.